The fourth-order valence-electron chi connectivity index (χ4n) is 3.36. The van der Waals surface area contributed by atoms with E-state index in [0.29, 0.717) is 6.54 Å². The van der Waals surface area contributed by atoms with E-state index in [9.17, 15) is 0 Å². The quantitative estimate of drug-likeness (QED) is 0.278. The average molecular weight is 427 g/mol. The van der Waals surface area contributed by atoms with E-state index in [1.807, 2.05) is 24.0 Å². The lowest BCUT2D eigenvalue weighted by Gasteiger charge is -2.34. The van der Waals surface area contributed by atoms with Crippen LogP contribution >= 0.6 is 11.8 Å². The Balaban J connectivity index is 1.45. The number of thioether (sulfide) groups is 1. The number of aliphatic imine (C=N–C) groups is 1. The first-order chi connectivity index (χ1) is 14.8. The molecule has 6 nitrogen and oxygen atoms in total. The first-order valence-corrected chi connectivity index (χ1v) is 11.9. The smallest absolute Gasteiger partial charge is 0.191 e. The van der Waals surface area contributed by atoms with E-state index in [0.717, 1.165) is 68.9 Å². The molecule has 1 aliphatic rings. The third-order valence-corrected chi connectivity index (χ3v) is 6.14. The zero-order chi connectivity index (χ0) is 21.0. The molecule has 2 aromatic rings. The van der Waals surface area contributed by atoms with Gasteiger partial charge in [-0.15, -0.1) is 11.8 Å². The summed E-state index contributed by atoms with van der Waals surface area (Å²) in [6.45, 7) is 12.1. The van der Waals surface area contributed by atoms with Gasteiger partial charge in [0.15, 0.2) is 5.96 Å². The van der Waals surface area contributed by atoms with Gasteiger partial charge in [-0.25, -0.2) is 9.98 Å². The second-order valence-corrected chi connectivity index (χ2v) is 8.40. The number of guanidine groups is 1. The molecule has 0 amide bonds. The summed E-state index contributed by atoms with van der Waals surface area (Å²) >= 11 is 1.85. The fraction of sp³-hybridized carbons (Fsp3) is 0.478. The van der Waals surface area contributed by atoms with Crippen LogP contribution in [0.5, 0.6) is 0 Å². The van der Waals surface area contributed by atoms with Gasteiger partial charge in [-0.3, -0.25) is 0 Å². The highest BCUT2D eigenvalue weighted by Crippen LogP contribution is 2.16. The van der Waals surface area contributed by atoms with Crippen LogP contribution in [-0.2, 0) is 6.54 Å². The fourth-order valence-corrected chi connectivity index (χ4v) is 4.15. The number of piperazine rings is 1. The number of benzene rings is 1. The molecule has 0 spiro atoms. The van der Waals surface area contributed by atoms with E-state index in [1.54, 1.807) is 0 Å². The van der Waals surface area contributed by atoms with Crippen LogP contribution in [0.15, 0.2) is 58.5 Å². The molecule has 0 aliphatic carbocycles. The van der Waals surface area contributed by atoms with Crippen molar-refractivity contribution in [1.29, 1.82) is 0 Å². The van der Waals surface area contributed by atoms with Crippen molar-refractivity contribution in [3.63, 3.8) is 0 Å². The molecule has 1 fully saturated rings. The van der Waals surface area contributed by atoms with Crippen molar-refractivity contribution in [3.8, 4) is 0 Å². The second-order valence-electron chi connectivity index (χ2n) is 7.23. The van der Waals surface area contributed by atoms with Gasteiger partial charge in [-0.1, -0.05) is 31.2 Å². The summed E-state index contributed by atoms with van der Waals surface area (Å²) in [5, 5.41) is 6.74. The van der Waals surface area contributed by atoms with E-state index < -0.39 is 0 Å². The van der Waals surface area contributed by atoms with E-state index in [2.05, 4.69) is 75.7 Å². The molecule has 0 bridgehead atoms. The molecular weight excluding hydrogens is 392 g/mol. The van der Waals surface area contributed by atoms with Gasteiger partial charge in [0.25, 0.3) is 0 Å². The van der Waals surface area contributed by atoms with Gasteiger partial charge in [-0.2, -0.15) is 0 Å². The van der Waals surface area contributed by atoms with E-state index in [4.69, 9.17) is 4.99 Å². The summed E-state index contributed by atoms with van der Waals surface area (Å²) in [4.78, 5) is 15.5. The van der Waals surface area contributed by atoms with Gasteiger partial charge in [-0.05, 0) is 37.2 Å². The molecule has 1 aromatic carbocycles. The molecule has 1 aromatic heterocycles. The van der Waals surface area contributed by atoms with Gasteiger partial charge < -0.3 is 20.4 Å². The summed E-state index contributed by atoms with van der Waals surface area (Å²) in [5.41, 5.74) is 1.13. The predicted molar refractivity (Wildman–Crippen MR) is 129 cm³/mol. The zero-order valence-corrected chi connectivity index (χ0v) is 19.0. The van der Waals surface area contributed by atoms with Crippen LogP contribution in [0.4, 0.5) is 5.82 Å². The van der Waals surface area contributed by atoms with Crippen molar-refractivity contribution in [1.82, 2.24) is 20.5 Å². The monoisotopic (exact) mass is 426 g/mol. The molecule has 0 unspecified atom stereocenters. The number of likely N-dealkylation sites (N-methyl/N-ethyl adjacent to an activating group) is 1. The van der Waals surface area contributed by atoms with Crippen LogP contribution in [0, 0.1) is 0 Å². The maximum atomic E-state index is 4.72. The molecule has 2 heterocycles. The Morgan fingerprint density at radius 1 is 1.03 bits per heavy atom. The Morgan fingerprint density at radius 2 is 1.83 bits per heavy atom. The zero-order valence-electron chi connectivity index (χ0n) is 18.2. The number of anilines is 1. The molecule has 0 atom stereocenters. The van der Waals surface area contributed by atoms with Gasteiger partial charge in [0.1, 0.15) is 5.82 Å². The van der Waals surface area contributed by atoms with Crippen molar-refractivity contribution in [2.75, 3.05) is 56.5 Å². The number of nitrogens with zero attached hydrogens (tertiary/aromatic N) is 4. The van der Waals surface area contributed by atoms with E-state index >= 15 is 0 Å². The standard InChI is InChI=1S/C23H34N6S/c1-3-24-23(25-12-17-30-21-8-6-5-7-9-21)27-19-20-10-11-22(26-18-20)29-15-13-28(4-2)14-16-29/h5-11,18H,3-4,12-17,19H2,1-2H3,(H2,24,25,27). The van der Waals surface area contributed by atoms with Crippen molar-refractivity contribution < 1.29 is 0 Å². The summed E-state index contributed by atoms with van der Waals surface area (Å²) < 4.78 is 0. The van der Waals surface area contributed by atoms with Crippen LogP contribution in [0.3, 0.4) is 0 Å². The lowest BCUT2D eigenvalue weighted by molar-refractivity contribution is 0.270. The van der Waals surface area contributed by atoms with Crippen LogP contribution < -0.4 is 15.5 Å². The number of nitrogens with one attached hydrogen (secondary N) is 2. The molecule has 7 heteroatoms. The largest absolute Gasteiger partial charge is 0.357 e. The summed E-state index contributed by atoms with van der Waals surface area (Å²) in [7, 11) is 0. The molecule has 3 rings (SSSR count). The third-order valence-electron chi connectivity index (χ3n) is 5.12. The van der Waals surface area contributed by atoms with Gasteiger partial charge >= 0.3 is 0 Å². The number of pyridine rings is 1. The van der Waals surface area contributed by atoms with Crippen LogP contribution in [-0.4, -0.2) is 67.4 Å². The van der Waals surface area contributed by atoms with E-state index in [-0.39, 0.29) is 0 Å². The molecule has 2 N–H and O–H groups in total. The second kappa shape index (κ2) is 12.4. The van der Waals surface area contributed by atoms with Gasteiger partial charge in [0.05, 0.1) is 6.54 Å². The Kier molecular flexibility index (Phi) is 9.31. The van der Waals surface area contributed by atoms with Crippen molar-refractivity contribution in [3.05, 3.63) is 54.2 Å². The maximum Gasteiger partial charge on any atom is 0.191 e. The minimum absolute atomic E-state index is 0.623. The lowest BCUT2D eigenvalue weighted by Crippen LogP contribution is -2.46. The van der Waals surface area contributed by atoms with Gasteiger partial charge in [0, 0.05) is 56.1 Å². The first-order valence-electron chi connectivity index (χ1n) is 10.9. The molecule has 1 saturated heterocycles. The van der Waals surface area contributed by atoms with Crippen molar-refractivity contribution >= 4 is 23.5 Å². The number of rotatable bonds is 9. The topological polar surface area (TPSA) is 55.8 Å². The number of hydrogen-bond acceptors (Lipinski definition) is 5. The normalized spacial score (nSPS) is 15.3. The molecule has 30 heavy (non-hydrogen) atoms. The highest BCUT2D eigenvalue weighted by Gasteiger charge is 2.16. The Morgan fingerprint density at radius 3 is 2.50 bits per heavy atom. The van der Waals surface area contributed by atoms with Crippen molar-refractivity contribution in [2.24, 2.45) is 4.99 Å². The van der Waals surface area contributed by atoms with Gasteiger partial charge in [0.2, 0.25) is 0 Å². The van der Waals surface area contributed by atoms with Crippen LogP contribution in [0.1, 0.15) is 19.4 Å². The molecule has 1 aliphatic heterocycles. The summed E-state index contributed by atoms with van der Waals surface area (Å²) in [5.74, 6) is 2.92. The predicted octanol–water partition coefficient (Wildman–Crippen LogP) is 3.07. The summed E-state index contributed by atoms with van der Waals surface area (Å²) in [6, 6.07) is 14.8. The number of aromatic nitrogens is 1. The highest BCUT2D eigenvalue weighted by molar-refractivity contribution is 7.99. The SMILES string of the molecule is CCNC(=NCc1ccc(N2CCN(CC)CC2)nc1)NCCSc1ccccc1. The van der Waals surface area contributed by atoms with Crippen molar-refractivity contribution in [2.45, 2.75) is 25.3 Å². The van der Waals surface area contributed by atoms with Crippen LogP contribution in [0.2, 0.25) is 0 Å². The Hall–Kier alpha value is -2.25. The minimum Gasteiger partial charge on any atom is -0.357 e. The molecule has 0 radical (unpaired) electrons. The molecule has 162 valence electrons. The van der Waals surface area contributed by atoms with Crippen LogP contribution in [0.25, 0.3) is 0 Å². The lowest BCUT2D eigenvalue weighted by atomic mass is 10.2. The third kappa shape index (κ3) is 7.22. The highest BCUT2D eigenvalue weighted by atomic mass is 32.2. The molecular formula is C23H34N6S. The average Bonchev–Trinajstić information content (AvgIpc) is 2.81. The summed E-state index contributed by atoms with van der Waals surface area (Å²) in [6.07, 6.45) is 1.96. The minimum atomic E-state index is 0.623. The first kappa shape index (κ1) is 22.4. The Labute approximate surface area is 185 Å². The van der Waals surface area contributed by atoms with E-state index in [1.165, 1.54) is 4.90 Å². The molecule has 0 saturated carbocycles. The maximum absolute atomic E-state index is 4.72. The number of hydrogen-bond donors (Lipinski definition) is 2. The Bertz CT molecular complexity index is 757.